The summed E-state index contributed by atoms with van der Waals surface area (Å²) in [5.74, 6) is -0.0971. The zero-order valence-corrected chi connectivity index (χ0v) is 11.6. The van der Waals surface area contributed by atoms with Gasteiger partial charge in [0, 0.05) is 26.2 Å². The van der Waals surface area contributed by atoms with Gasteiger partial charge in [0.15, 0.2) is 0 Å². The normalized spacial score (nSPS) is 10.2. The van der Waals surface area contributed by atoms with E-state index in [0.29, 0.717) is 13.0 Å². The van der Waals surface area contributed by atoms with E-state index in [0.717, 1.165) is 30.5 Å². The minimum absolute atomic E-state index is 0.0971. The predicted octanol–water partition coefficient (Wildman–Crippen LogP) is 3.38. The Labute approximate surface area is 110 Å². The van der Waals surface area contributed by atoms with Gasteiger partial charge in [0.1, 0.15) is 6.61 Å². The van der Waals surface area contributed by atoms with Crippen molar-refractivity contribution in [3.8, 4) is 0 Å². The molecule has 0 aliphatic rings. The molecule has 18 heavy (non-hydrogen) atoms. The third-order valence-corrected chi connectivity index (χ3v) is 2.84. The lowest BCUT2D eigenvalue weighted by atomic mass is 10.2. The molecular weight excluding hydrogens is 226 g/mol. The van der Waals surface area contributed by atoms with Gasteiger partial charge in [0.05, 0.1) is 0 Å². The van der Waals surface area contributed by atoms with Crippen molar-refractivity contribution < 1.29 is 9.53 Å². The highest BCUT2D eigenvalue weighted by atomic mass is 16.5. The summed E-state index contributed by atoms with van der Waals surface area (Å²) in [5, 5.41) is 0. The fourth-order valence-electron chi connectivity index (χ4n) is 1.65. The van der Waals surface area contributed by atoms with Crippen LogP contribution in [0, 0.1) is 0 Å². The van der Waals surface area contributed by atoms with Gasteiger partial charge in [-0.25, -0.2) is 0 Å². The van der Waals surface area contributed by atoms with Gasteiger partial charge in [-0.2, -0.15) is 0 Å². The maximum atomic E-state index is 11.4. The molecule has 100 valence electrons. The van der Waals surface area contributed by atoms with Crippen LogP contribution in [-0.2, 0) is 16.1 Å². The molecule has 0 unspecified atom stereocenters. The molecule has 0 aliphatic heterocycles. The van der Waals surface area contributed by atoms with Crippen LogP contribution in [0.25, 0.3) is 0 Å². The van der Waals surface area contributed by atoms with Gasteiger partial charge in [-0.1, -0.05) is 31.9 Å². The Bertz CT molecular complexity index is 357. The average molecular weight is 249 g/mol. The minimum atomic E-state index is -0.0971. The second kappa shape index (κ2) is 7.75. The maximum absolute atomic E-state index is 11.4. The summed E-state index contributed by atoms with van der Waals surface area (Å²) in [6, 6.07) is 8.05. The van der Waals surface area contributed by atoms with Crippen LogP contribution < -0.4 is 4.90 Å². The molecule has 0 saturated heterocycles. The number of carbonyl (C=O) groups is 1. The van der Waals surface area contributed by atoms with Crippen molar-refractivity contribution in [1.82, 2.24) is 0 Å². The molecule has 0 radical (unpaired) electrons. The zero-order valence-electron chi connectivity index (χ0n) is 11.6. The number of hydrogen-bond acceptors (Lipinski definition) is 3. The van der Waals surface area contributed by atoms with Crippen LogP contribution >= 0.6 is 0 Å². The number of benzene rings is 1. The van der Waals surface area contributed by atoms with E-state index in [1.165, 1.54) is 0 Å². The van der Waals surface area contributed by atoms with Crippen LogP contribution in [0.3, 0.4) is 0 Å². The second-order valence-electron chi connectivity index (χ2n) is 4.68. The van der Waals surface area contributed by atoms with Crippen LogP contribution in [-0.4, -0.2) is 20.1 Å². The SMILES string of the molecule is CCCCCC(=O)OCc1ccc(N(C)C)cc1. The summed E-state index contributed by atoms with van der Waals surface area (Å²) in [6.45, 7) is 2.50. The number of nitrogens with zero attached hydrogens (tertiary/aromatic N) is 1. The van der Waals surface area contributed by atoms with Crippen molar-refractivity contribution in [2.75, 3.05) is 19.0 Å². The molecule has 3 heteroatoms. The number of rotatable bonds is 7. The highest BCUT2D eigenvalue weighted by Crippen LogP contribution is 2.13. The molecule has 0 N–H and O–H groups in total. The topological polar surface area (TPSA) is 29.5 Å². The molecule has 3 nitrogen and oxygen atoms in total. The summed E-state index contributed by atoms with van der Waals surface area (Å²) in [4.78, 5) is 13.5. The minimum Gasteiger partial charge on any atom is -0.461 e. The quantitative estimate of drug-likeness (QED) is 0.548. The number of carbonyl (C=O) groups excluding carboxylic acids is 1. The Kier molecular flexibility index (Phi) is 6.26. The van der Waals surface area contributed by atoms with E-state index < -0.39 is 0 Å². The molecule has 0 spiro atoms. The molecule has 0 bridgehead atoms. The van der Waals surface area contributed by atoms with E-state index in [-0.39, 0.29) is 5.97 Å². The van der Waals surface area contributed by atoms with E-state index >= 15 is 0 Å². The van der Waals surface area contributed by atoms with Gasteiger partial charge in [-0.15, -0.1) is 0 Å². The van der Waals surface area contributed by atoms with Gasteiger partial charge in [0.2, 0.25) is 0 Å². The van der Waals surface area contributed by atoms with Gasteiger partial charge >= 0.3 is 5.97 Å². The van der Waals surface area contributed by atoms with E-state index in [2.05, 4.69) is 6.92 Å². The average Bonchev–Trinajstić information content (AvgIpc) is 2.37. The summed E-state index contributed by atoms with van der Waals surface area (Å²) in [7, 11) is 4.01. The molecule has 0 amide bonds. The van der Waals surface area contributed by atoms with Crippen molar-refractivity contribution in [2.45, 2.75) is 39.2 Å². The van der Waals surface area contributed by atoms with E-state index in [1.54, 1.807) is 0 Å². The van der Waals surface area contributed by atoms with E-state index in [4.69, 9.17) is 4.74 Å². The second-order valence-corrected chi connectivity index (χ2v) is 4.68. The number of unbranched alkanes of at least 4 members (excludes halogenated alkanes) is 2. The summed E-state index contributed by atoms with van der Waals surface area (Å²) < 4.78 is 5.22. The first-order valence-electron chi connectivity index (χ1n) is 6.55. The Morgan fingerprint density at radius 3 is 2.39 bits per heavy atom. The Hall–Kier alpha value is -1.51. The molecule has 0 aromatic heterocycles. The molecule has 1 rings (SSSR count). The van der Waals surface area contributed by atoms with Crippen molar-refractivity contribution in [3.05, 3.63) is 29.8 Å². The van der Waals surface area contributed by atoms with Gasteiger partial charge in [-0.05, 0) is 24.1 Å². The third kappa shape index (κ3) is 5.21. The van der Waals surface area contributed by atoms with Crippen LogP contribution in [0.1, 0.15) is 38.2 Å². The van der Waals surface area contributed by atoms with Crippen LogP contribution in [0.4, 0.5) is 5.69 Å². The monoisotopic (exact) mass is 249 g/mol. The Balaban J connectivity index is 2.32. The molecule has 0 heterocycles. The number of ether oxygens (including phenoxy) is 1. The van der Waals surface area contributed by atoms with Gasteiger partial charge in [0.25, 0.3) is 0 Å². The summed E-state index contributed by atoms with van der Waals surface area (Å²) in [5.41, 5.74) is 2.18. The van der Waals surface area contributed by atoms with E-state index in [1.807, 2.05) is 43.3 Å². The number of esters is 1. The number of hydrogen-bond donors (Lipinski definition) is 0. The van der Waals surface area contributed by atoms with Gasteiger partial charge < -0.3 is 9.64 Å². The summed E-state index contributed by atoms with van der Waals surface area (Å²) >= 11 is 0. The van der Waals surface area contributed by atoms with Crippen molar-refractivity contribution in [2.24, 2.45) is 0 Å². The highest BCUT2D eigenvalue weighted by molar-refractivity contribution is 5.69. The molecule has 1 aromatic carbocycles. The van der Waals surface area contributed by atoms with Crippen molar-refractivity contribution >= 4 is 11.7 Å². The third-order valence-electron chi connectivity index (χ3n) is 2.84. The van der Waals surface area contributed by atoms with Crippen LogP contribution in [0.2, 0.25) is 0 Å². The Morgan fingerprint density at radius 2 is 1.83 bits per heavy atom. The standard InChI is InChI=1S/C15H23NO2/c1-4-5-6-7-15(17)18-12-13-8-10-14(11-9-13)16(2)3/h8-11H,4-7,12H2,1-3H3. The van der Waals surface area contributed by atoms with E-state index in [9.17, 15) is 4.79 Å². The fraction of sp³-hybridized carbons (Fsp3) is 0.533. The van der Waals surface area contributed by atoms with Crippen LogP contribution in [0.15, 0.2) is 24.3 Å². The van der Waals surface area contributed by atoms with Crippen molar-refractivity contribution in [1.29, 1.82) is 0 Å². The molecule has 0 atom stereocenters. The molecule has 0 fully saturated rings. The lowest BCUT2D eigenvalue weighted by Crippen LogP contribution is -2.08. The Morgan fingerprint density at radius 1 is 1.17 bits per heavy atom. The van der Waals surface area contributed by atoms with Crippen LogP contribution in [0.5, 0.6) is 0 Å². The lowest BCUT2D eigenvalue weighted by molar-refractivity contribution is -0.145. The maximum Gasteiger partial charge on any atom is 0.306 e. The fourth-order valence-corrected chi connectivity index (χ4v) is 1.65. The first kappa shape index (κ1) is 14.6. The smallest absolute Gasteiger partial charge is 0.306 e. The predicted molar refractivity (Wildman–Crippen MR) is 74.7 cm³/mol. The van der Waals surface area contributed by atoms with Crippen molar-refractivity contribution in [3.63, 3.8) is 0 Å². The van der Waals surface area contributed by atoms with Gasteiger partial charge in [-0.3, -0.25) is 4.79 Å². The largest absolute Gasteiger partial charge is 0.461 e. The zero-order chi connectivity index (χ0) is 13.4. The molecule has 0 saturated carbocycles. The molecular formula is C15H23NO2. The summed E-state index contributed by atoms with van der Waals surface area (Å²) in [6.07, 6.45) is 3.67. The molecule has 1 aromatic rings. The highest BCUT2D eigenvalue weighted by Gasteiger charge is 2.03. The molecule has 0 aliphatic carbocycles. The lowest BCUT2D eigenvalue weighted by Gasteiger charge is -2.12. The first-order chi connectivity index (χ1) is 8.63. The first-order valence-corrected chi connectivity index (χ1v) is 6.55. The number of anilines is 1.